The maximum absolute atomic E-state index is 14.9. The lowest BCUT2D eigenvalue weighted by molar-refractivity contribution is -0.0257. The summed E-state index contributed by atoms with van der Waals surface area (Å²) in [5.74, 6) is -5.08. The van der Waals surface area contributed by atoms with Crippen LogP contribution in [0.25, 0.3) is 11.3 Å². The zero-order valence-corrected chi connectivity index (χ0v) is 21.2. The van der Waals surface area contributed by atoms with E-state index in [9.17, 15) is 22.8 Å². The highest BCUT2D eigenvalue weighted by molar-refractivity contribution is 6.03. The largest absolute Gasteiger partial charge is 0.496 e. The third-order valence-corrected chi connectivity index (χ3v) is 6.61. The lowest BCUT2D eigenvalue weighted by Gasteiger charge is -2.19. The molecule has 0 radical (unpaired) electrons. The number of rotatable bonds is 8. The van der Waals surface area contributed by atoms with Crippen LogP contribution in [0, 0.1) is 5.82 Å². The van der Waals surface area contributed by atoms with Crippen LogP contribution >= 0.6 is 0 Å². The topological polar surface area (TPSA) is 128 Å². The number of nitrogens with two attached hydrogens (primary N) is 2. The number of likely N-dealkylation sites (tertiary alicyclic amines) is 1. The van der Waals surface area contributed by atoms with Crippen molar-refractivity contribution in [1.82, 2.24) is 20.0 Å². The standard InChI is InChI=1S/C26H29F3N6O3/c1-14(2)34-12-20(26(28,29)13-34)35-23(30)21(24(31)36)22(33-35)16-6-4-15(5-7-16)11-32-25(37)18-10-17(27)8-9-19(18)38-3/h4-10,14,20H,11-13,30H2,1-3H3,(H2,31,36)(H,32,37). The molecular formula is C26H29F3N6O3. The predicted octanol–water partition coefficient (Wildman–Crippen LogP) is 3.21. The first-order valence-corrected chi connectivity index (χ1v) is 11.9. The van der Waals surface area contributed by atoms with Gasteiger partial charge in [-0.1, -0.05) is 24.3 Å². The van der Waals surface area contributed by atoms with Crippen molar-refractivity contribution < 1.29 is 27.5 Å². The van der Waals surface area contributed by atoms with E-state index in [-0.39, 0.29) is 47.5 Å². The van der Waals surface area contributed by atoms with Gasteiger partial charge in [-0.25, -0.2) is 17.9 Å². The minimum atomic E-state index is -3.11. The van der Waals surface area contributed by atoms with Crippen LogP contribution in [0.1, 0.15) is 46.2 Å². The van der Waals surface area contributed by atoms with Gasteiger partial charge in [-0.05, 0) is 37.6 Å². The van der Waals surface area contributed by atoms with Gasteiger partial charge < -0.3 is 21.5 Å². The van der Waals surface area contributed by atoms with E-state index < -0.39 is 36.1 Å². The number of hydrogen-bond donors (Lipinski definition) is 3. The molecular weight excluding hydrogens is 501 g/mol. The van der Waals surface area contributed by atoms with Crippen LogP contribution in [0.2, 0.25) is 0 Å². The number of carbonyl (C=O) groups is 2. The van der Waals surface area contributed by atoms with Gasteiger partial charge in [0.25, 0.3) is 17.7 Å². The fourth-order valence-corrected chi connectivity index (χ4v) is 4.49. The van der Waals surface area contributed by atoms with Crippen LogP contribution in [-0.4, -0.2) is 58.7 Å². The predicted molar refractivity (Wildman–Crippen MR) is 135 cm³/mol. The molecule has 1 fully saturated rings. The second kappa shape index (κ2) is 10.4. The van der Waals surface area contributed by atoms with Gasteiger partial charge in [0.2, 0.25) is 0 Å². The molecule has 1 aromatic heterocycles. The molecule has 0 spiro atoms. The number of amides is 2. The third-order valence-electron chi connectivity index (χ3n) is 6.61. The average molecular weight is 531 g/mol. The molecule has 38 heavy (non-hydrogen) atoms. The van der Waals surface area contributed by atoms with E-state index in [0.29, 0.717) is 11.1 Å². The number of benzene rings is 2. The maximum atomic E-state index is 14.9. The van der Waals surface area contributed by atoms with Gasteiger partial charge in [0.1, 0.15) is 34.7 Å². The summed E-state index contributed by atoms with van der Waals surface area (Å²) in [5.41, 5.74) is 12.8. The molecule has 4 rings (SSSR count). The molecule has 2 heterocycles. The van der Waals surface area contributed by atoms with Crippen molar-refractivity contribution in [2.45, 2.75) is 38.4 Å². The Kier molecular flexibility index (Phi) is 7.36. The van der Waals surface area contributed by atoms with Crippen LogP contribution in [0.4, 0.5) is 19.0 Å². The highest BCUT2D eigenvalue weighted by atomic mass is 19.3. The first-order chi connectivity index (χ1) is 17.9. The summed E-state index contributed by atoms with van der Waals surface area (Å²) in [5, 5.41) is 7.00. The lowest BCUT2D eigenvalue weighted by atomic mass is 10.0. The van der Waals surface area contributed by atoms with Crippen molar-refractivity contribution in [3.05, 3.63) is 65.0 Å². The molecule has 9 nitrogen and oxygen atoms in total. The van der Waals surface area contributed by atoms with E-state index in [1.807, 2.05) is 13.8 Å². The van der Waals surface area contributed by atoms with Crippen LogP contribution in [-0.2, 0) is 6.54 Å². The summed E-state index contributed by atoms with van der Waals surface area (Å²) in [4.78, 5) is 26.4. The van der Waals surface area contributed by atoms with E-state index in [2.05, 4.69) is 10.4 Å². The van der Waals surface area contributed by atoms with E-state index in [0.717, 1.165) is 10.7 Å². The van der Waals surface area contributed by atoms with E-state index >= 15 is 0 Å². The fraction of sp³-hybridized carbons (Fsp3) is 0.346. The SMILES string of the molecule is COc1ccc(F)cc1C(=O)NCc1ccc(-c2nn(C3CN(C(C)C)CC3(F)F)c(N)c2C(N)=O)cc1. The number of nitrogen functional groups attached to an aromatic ring is 1. The highest BCUT2D eigenvalue weighted by Crippen LogP contribution is 2.40. The van der Waals surface area contributed by atoms with E-state index in [1.165, 1.54) is 19.2 Å². The maximum Gasteiger partial charge on any atom is 0.283 e. The Balaban J connectivity index is 1.57. The summed E-state index contributed by atoms with van der Waals surface area (Å²) >= 11 is 0. The molecule has 12 heteroatoms. The first-order valence-electron chi connectivity index (χ1n) is 11.9. The summed E-state index contributed by atoms with van der Waals surface area (Å²) in [6.07, 6.45) is 0. The third kappa shape index (κ3) is 5.17. The van der Waals surface area contributed by atoms with Crippen LogP contribution in [0.3, 0.4) is 0 Å². The van der Waals surface area contributed by atoms with Crippen LogP contribution in [0.5, 0.6) is 5.75 Å². The van der Waals surface area contributed by atoms with Crippen LogP contribution < -0.4 is 21.5 Å². The van der Waals surface area contributed by atoms with Crippen molar-refractivity contribution in [3.8, 4) is 17.0 Å². The van der Waals surface area contributed by atoms with Gasteiger partial charge in [-0.15, -0.1) is 0 Å². The lowest BCUT2D eigenvalue weighted by Crippen LogP contribution is -2.32. The van der Waals surface area contributed by atoms with Crippen molar-refractivity contribution in [2.75, 3.05) is 25.9 Å². The van der Waals surface area contributed by atoms with Gasteiger partial charge >= 0.3 is 0 Å². The molecule has 1 saturated heterocycles. The fourth-order valence-electron chi connectivity index (χ4n) is 4.49. The number of methoxy groups -OCH3 is 1. The molecule has 1 atom stereocenters. The second-order valence-corrected chi connectivity index (χ2v) is 9.44. The normalized spacial score (nSPS) is 17.1. The zero-order chi connectivity index (χ0) is 27.8. The molecule has 1 unspecified atom stereocenters. The Labute approximate surface area is 217 Å². The van der Waals surface area contributed by atoms with Crippen molar-refractivity contribution in [1.29, 1.82) is 0 Å². The smallest absolute Gasteiger partial charge is 0.283 e. The zero-order valence-electron chi connectivity index (χ0n) is 21.2. The number of ether oxygens (including phenoxy) is 1. The summed E-state index contributed by atoms with van der Waals surface area (Å²) in [6, 6.07) is 8.76. The second-order valence-electron chi connectivity index (χ2n) is 9.44. The minimum Gasteiger partial charge on any atom is -0.496 e. The molecule has 5 N–H and O–H groups in total. The quantitative estimate of drug-likeness (QED) is 0.410. The molecule has 0 bridgehead atoms. The van der Waals surface area contributed by atoms with Gasteiger partial charge in [0, 0.05) is 24.7 Å². The number of nitrogens with one attached hydrogen (secondary N) is 1. The number of nitrogens with zero attached hydrogens (tertiary/aromatic N) is 3. The van der Waals surface area contributed by atoms with Crippen molar-refractivity contribution in [3.63, 3.8) is 0 Å². The van der Waals surface area contributed by atoms with Gasteiger partial charge in [0.05, 0.1) is 19.2 Å². The number of alkyl halides is 2. The molecule has 2 amide bonds. The van der Waals surface area contributed by atoms with Gasteiger partial charge in [-0.2, -0.15) is 5.10 Å². The Hall–Kier alpha value is -4.06. The number of carbonyl (C=O) groups excluding carboxylic acids is 2. The number of halogens is 3. The monoisotopic (exact) mass is 530 g/mol. The summed E-state index contributed by atoms with van der Waals surface area (Å²) < 4.78 is 49.5. The van der Waals surface area contributed by atoms with E-state index in [1.54, 1.807) is 29.2 Å². The first kappa shape index (κ1) is 27.0. The molecule has 1 aliphatic rings. The Morgan fingerprint density at radius 1 is 1.21 bits per heavy atom. The number of hydrogen-bond acceptors (Lipinski definition) is 6. The Bertz CT molecular complexity index is 1360. The Morgan fingerprint density at radius 3 is 2.47 bits per heavy atom. The number of primary amides is 1. The number of aromatic nitrogens is 2. The summed E-state index contributed by atoms with van der Waals surface area (Å²) in [7, 11) is 1.38. The average Bonchev–Trinajstić information content (AvgIpc) is 3.38. The van der Waals surface area contributed by atoms with Crippen molar-refractivity contribution >= 4 is 17.6 Å². The Morgan fingerprint density at radius 2 is 1.89 bits per heavy atom. The molecule has 2 aromatic carbocycles. The minimum absolute atomic E-state index is 0.0168. The van der Waals surface area contributed by atoms with Crippen LogP contribution in [0.15, 0.2) is 42.5 Å². The molecule has 0 saturated carbocycles. The highest BCUT2D eigenvalue weighted by Gasteiger charge is 2.51. The van der Waals surface area contributed by atoms with Crippen molar-refractivity contribution in [2.24, 2.45) is 5.73 Å². The van der Waals surface area contributed by atoms with Gasteiger partial charge in [0.15, 0.2) is 0 Å². The molecule has 202 valence electrons. The van der Waals surface area contributed by atoms with Gasteiger partial charge in [-0.3, -0.25) is 14.5 Å². The molecule has 3 aromatic rings. The molecule has 1 aliphatic heterocycles. The van der Waals surface area contributed by atoms with E-state index in [4.69, 9.17) is 16.2 Å². The summed E-state index contributed by atoms with van der Waals surface area (Å²) in [6.45, 7) is 3.33. The number of anilines is 1. The molecule has 0 aliphatic carbocycles.